The van der Waals surface area contributed by atoms with Crippen LogP contribution in [0.25, 0.3) is 10.7 Å². The zero-order valence-corrected chi connectivity index (χ0v) is 20.1. The van der Waals surface area contributed by atoms with Crippen molar-refractivity contribution in [3.05, 3.63) is 101 Å². The normalized spacial score (nSPS) is 11.4. The summed E-state index contributed by atoms with van der Waals surface area (Å²) in [4.78, 5) is 13.9. The number of hydrogen-bond acceptors (Lipinski definition) is 5. The number of amides is 1. The van der Waals surface area contributed by atoms with E-state index in [0.717, 1.165) is 28.4 Å². The van der Waals surface area contributed by atoms with Gasteiger partial charge in [-0.3, -0.25) is 9.36 Å². The molecule has 0 radical (unpaired) electrons. The molecule has 0 saturated carbocycles. The van der Waals surface area contributed by atoms with Crippen LogP contribution in [0, 0.1) is 0 Å². The fourth-order valence-electron chi connectivity index (χ4n) is 3.42. The molecule has 10 heteroatoms. The molecule has 0 bridgehead atoms. The van der Waals surface area contributed by atoms with Crippen LogP contribution in [0.5, 0.6) is 0 Å². The van der Waals surface area contributed by atoms with Gasteiger partial charge in [0.15, 0.2) is 11.0 Å². The highest BCUT2D eigenvalue weighted by Crippen LogP contribution is 2.30. The summed E-state index contributed by atoms with van der Waals surface area (Å²) >= 11 is 3.02. The topological polar surface area (TPSA) is 59.8 Å². The van der Waals surface area contributed by atoms with Crippen LogP contribution in [0.3, 0.4) is 0 Å². The van der Waals surface area contributed by atoms with Crippen molar-refractivity contribution in [3.63, 3.8) is 0 Å². The van der Waals surface area contributed by atoms with Crippen molar-refractivity contribution in [3.8, 4) is 10.7 Å². The van der Waals surface area contributed by atoms with Gasteiger partial charge in [-0.25, -0.2) is 0 Å². The lowest BCUT2D eigenvalue weighted by Crippen LogP contribution is -2.24. The van der Waals surface area contributed by atoms with Gasteiger partial charge in [0.25, 0.3) is 5.91 Å². The van der Waals surface area contributed by atoms with Crippen molar-refractivity contribution >= 4 is 29.0 Å². The van der Waals surface area contributed by atoms with Crippen LogP contribution in [0.2, 0.25) is 0 Å². The lowest BCUT2D eigenvalue weighted by molar-refractivity contribution is -0.137. The minimum Gasteiger partial charge on any atom is -0.348 e. The van der Waals surface area contributed by atoms with Gasteiger partial charge in [0.1, 0.15) is 0 Å². The van der Waals surface area contributed by atoms with Crippen LogP contribution in [-0.4, -0.2) is 20.7 Å². The molecule has 35 heavy (non-hydrogen) atoms. The minimum absolute atomic E-state index is 0.0118. The molecule has 0 aliphatic heterocycles. The van der Waals surface area contributed by atoms with E-state index in [1.165, 1.54) is 17.8 Å². The maximum absolute atomic E-state index is 13.0. The molecule has 0 spiro atoms. The molecule has 1 amide bonds. The first-order valence-corrected chi connectivity index (χ1v) is 12.5. The van der Waals surface area contributed by atoms with Crippen LogP contribution in [0.15, 0.2) is 83.9 Å². The Kier molecular flexibility index (Phi) is 7.72. The summed E-state index contributed by atoms with van der Waals surface area (Å²) in [6, 6.07) is 16.0. The molecule has 0 atom stereocenters. The Labute approximate surface area is 208 Å². The quantitative estimate of drug-likeness (QED) is 0.206. The number of carbonyl (C=O) groups excluding carboxylic acids is 1. The van der Waals surface area contributed by atoms with Gasteiger partial charge in [-0.15, -0.1) is 28.1 Å². The molecule has 0 saturated heterocycles. The molecule has 0 aliphatic rings. The fraction of sp³-hybridized carbons (Fsp3) is 0.160. The summed E-state index contributed by atoms with van der Waals surface area (Å²) in [5.41, 5.74) is 0.871. The number of rotatable bonds is 9. The third-order valence-corrected chi connectivity index (χ3v) is 6.98. The molecule has 180 valence electrons. The van der Waals surface area contributed by atoms with E-state index in [-0.39, 0.29) is 12.5 Å². The number of benzene rings is 2. The first-order chi connectivity index (χ1) is 16.9. The largest absolute Gasteiger partial charge is 0.416 e. The van der Waals surface area contributed by atoms with Gasteiger partial charge >= 0.3 is 6.18 Å². The van der Waals surface area contributed by atoms with Gasteiger partial charge in [-0.05, 0) is 40.8 Å². The zero-order valence-electron chi connectivity index (χ0n) is 18.5. The number of hydrogen-bond donors (Lipinski definition) is 1. The summed E-state index contributed by atoms with van der Waals surface area (Å²) in [6.45, 7) is 4.35. The van der Waals surface area contributed by atoms with E-state index in [2.05, 4.69) is 22.1 Å². The van der Waals surface area contributed by atoms with Gasteiger partial charge in [-0.2, -0.15) is 13.2 Å². The van der Waals surface area contributed by atoms with Crippen molar-refractivity contribution in [2.75, 3.05) is 0 Å². The Morgan fingerprint density at radius 1 is 1.11 bits per heavy atom. The van der Waals surface area contributed by atoms with E-state index < -0.39 is 11.7 Å². The Morgan fingerprint density at radius 2 is 1.94 bits per heavy atom. The van der Waals surface area contributed by atoms with Crippen molar-refractivity contribution in [1.82, 2.24) is 20.1 Å². The Morgan fingerprint density at radius 3 is 2.69 bits per heavy atom. The standard InChI is InChI=1S/C25H21F3N4OS2/c1-2-12-32-22(21-11-6-13-34-21)30-31-24(32)35-16-18-8-3-4-10-20(18)23(33)29-15-17-7-5-9-19(14-17)25(26,27)28/h2-11,13-14H,1,12,15-16H2,(H,29,33). The molecule has 4 rings (SSSR count). The van der Waals surface area contributed by atoms with Crippen LogP contribution in [-0.2, 0) is 25.0 Å². The predicted octanol–water partition coefficient (Wildman–Crippen LogP) is 6.43. The van der Waals surface area contributed by atoms with E-state index in [0.29, 0.717) is 28.6 Å². The summed E-state index contributed by atoms with van der Waals surface area (Å²) in [7, 11) is 0. The first-order valence-electron chi connectivity index (χ1n) is 10.6. The summed E-state index contributed by atoms with van der Waals surface area (Å²) in [6.07, 6.45) is -2.65. The number of allylic oxidation sites excluding steroid dienone is 1. The number of carbonyl (C=O) groups is 1. The molecular weight excluding hydrogens is 493 g/mol. The third-order valence-electron chi connectivity index (χ3n) is 5.10. The van der Waals surface area contributed by atoms with Gasteiger partial charge in [0, 0.05) is 24.4 Å². The van der Waals surface area contributed by atoms with Crippen molar-refractivity contribution < 1.29 is 18.0 Å². The minimum atomic E-state index is -4.43. The molecule has 5 nitrogen and oxygen atoms in total. The number of thioether (sulfide) groups is 1. The summed E-state index contributed by atoms with van der Waals surface area (Å²) < 4.78 is 40.9. The smallest absolute Gasteiger partial charge is 0.348 e. The fourth-order valence-corrected chi connectivity index (χ4v) is 5.09. The van der Waals surface area contributed by atoms with E-state index in [1.54, 1.807) is 35.6 Å². The van der Waals surface area contributed by atoms with Gasteiger partial charge in [0.2, 0.25) is 0 Å². The van der Waals surface area contributed by atoms with Crippen molar-refractivity contribution in [2.45, 2.75) is 30.2 Å². The maximum atomic E-state index is 13.0. The molecule has 2 aromatic carbocycles. The SMILES string of the molecule is C=CCn1c(SCc2ccccc2C(=O)NCc2cccc(C(F)(F)F)c2)nnc1-c1cccs1. The Balaban J connectivity index is 1.46. The molecule has 0 aliphatic carbocycles. The lowest BCUT2D eigenvalue weighted by atomic mass is 10.1. The maximum Gasteiger partial charge on any atom is 0.416 e. The highest BCUT2D eigenvalue weighted by Gasteiger charge is 2.30. The number of thiophene rings is 1. The van der Waals surface area contributed by atoms with Gasteiger partial charge < -0.3 is 5.32 Å². The monoisotopic (exact) mass is 514 g/mol. The summed E-state index contributed by atoms with van der Waals surface area (Å²) in [5.74, 6) is 0.868. The van der Waals surface area contributed by atoms with Crippen LogP contribution >= 0.6 is 23.1 Å². The lowest BCUT2D eigenvalue weighted by Gasteiger charge is -2.12. The Bertz CT molecular complexity index is 1320. The summed E-state index contributed by atoms with van der Waals surface area (Å²) in [5, 5.41) is 14.1. The number of aromatic nitrogens is 3. The van der Waals surface area contributed by atoms with Crippen molar-refractivity contribution in [2.24, 2.45) is 0 Å². The molecule has 0 fully saturated rings. The van der Waals surface area contributed by atoms with Crippen LogP contribution in [0.4, 0.5) is 13.2 Å². The highest BCUT2D eigenvalue weighted by molar-refractivity contribution is 7.98. The number of nitrogens with one attached hydrogen (secondary N) is 1. The van der Waals surface area contributed by atoms with Crippen LogP contribution < -0.4 is 5.32 Å². The second-order valence-electron chi connectivity index (χ2n) is 7.51. The average molecular weight is 515 g/mol. The van der Waals surface area contributed by atoms with Gasteiger partial charge in [-0.1, -0.05) is 54.2 Å². The van der Waals surface area contributed by atoms with E-state index >= 15 is 0 Å². The first kappa shape index (κ1) is 24.7. The number of nitrogens with zero attached hydrogens (tertiary/aromatic N) is 3. The second kappa shape index (κ2) is 10.9. The zero-order chi connectivity index (χ0) is 24.8. The molecular formula is C25H21F3N4OS2. The van der Waals surface area contributed by atoms with Crippen LogP contribution in [0.1, 0.15) is 27.0 Å². The molecule has 2 heterocycles. The van der Waals surface area contributed by atoms with Gasteiger partial charge in [0.05, 0.1) is 10.4 Å². The van der Waals surface area contributed by atoms with E-state index in [1.807, 2.05) is 34.2 Å². The Hall–Kier alpha value is -3.37. The third kappa shape index (κ3) is 6.01. The average Bonchev–Trinajstić information content (AvgIpc) is 3.51. The molecule has 1 N–H and O–H groups in total. The molecule has 4 aromatic rings. The number of halogens is 3. The second-order valence-corrected chi connectivity index (χ2v) is 9.40. The van der Waals surface area contributed by atoms with E-state index in [4.69, 9.17) is 0 Å². The van der Waals surface area contributed by atoms with E-state index in [9.17, 15) is 18.0 Å². The predicted molar refractivity (Wildman–Crippen MR) is 132 cm³/mol. The molecule has 0 unspecified atom stereocenters. The molecule has 2 aromatic heterocycles. The highest BCUT2D eigenvalue weighted by atomic mass is 32.2. The van der Waals surface area contributed by atoms with Crippen molar-refractivity contribution in [1.29, 1.82) is 0 Å². The number of alkyl halides is 3.